The highest BCUT2D eigenvalue weighted by Crippen LogP contribution is 2.38. The molecule has 0 spiro atoms. The van der Waals surface area contributed by atoms with E-state index >= 15 is 0 Å². The minimum absolute atomic E-state index is 0.0268. The summed E-state index contributed by atoms with van der Waals surface area (Å²) < 4.78 is 22.9. The van der Waals surface area contributed by atoms with Gasteiger partial charge in [0.2, 0.25) is 5.78 Å². The van der Waals surface area contributed by atoms with Crippen LogP contribution in [0.4, 0.5) is 0 Å². The van der Waals surface area contributed by atoms with E-state index in [0.717, 1.165) is 0 Å². The van der Waals surface area contributed by atoms with Gasteiger partial charge in [-0.05, 0) is 26.0 Å². The monoisotopic (exact) mass is 375 g/mol. The van der Waals surface area contributed by atoms with Gasteiger partial charge in [-0.1, -0.05) is 6.07 Å². The molecule has 4 atom stereocenters. The molecule has 2 saturated heterocycles. The number of hydrogen-bond acceptors (Lipinski definition) is 8. The van der Waals surface area contributed by atoms with Crippen molar-refractivity contribution in [3.63, 3.8) is 0 Å². The van der Waals surface area contributed by atoms with Crippen LogP contribution in [-0.4, -0.2) is 60.7 Å². The van der Waals surface area contributed by atoms with Crippen molar-refractivity contribution < 1.29 is 33.6 Å². The second-order valence-corrected chi connectivity index (χ2v) is 7.18. The summed E-state index contributed by atoms with van der Waals surface area (Å²) in [6, 6.07) is 4.43. The third kappa shape index (κ3) is 3.04. The first-order valence-corrected chi connectivity index (χ1v) is 8.71. The van der Waals surface area contributed by atoms with Crippen LogP contribution in [0.15, 0.2) is 30.0 Å². The van der Waals surface area contributed by atoms with E-state index < -0.39 is 24.0 Å². The molecule has 3 aliphatic rings. The molecule has 144 valence electrons. The van der Waals surface area contributed by atoms with Crippen LogP contribution in [0.1, 0.15) is 34.6 Å². The Hall–Kier alpha value is -2.26. The summed E-state index contributed by atoms with van der Waals surface area (Å²) in [6.07, 6.45) is -0.522. The van der Waals surface area contributed by atoms with Gasteiger partial charge in [0.05, 0.1) is 11.3 Å². The van der Waals surface area contributed by atoms with Crippen molar-refractivity contribution in [3.8, 4) is 5.75 Å². The Morgan fingerprint density at radius 2 is 1.96 bits per heavy atom. The molecule has 0 saturated carbocycles. The topological polar surface area (TPSA) is 103 Å². The van der Waals surface area contributed by atoms with Gasteiger partial charge in [0.15, 0.2) is 17.9 Å². The van der Waals surface area contributed by atoms with E-state index in [4.69, 9.17) is 18.9 Å². The zero-order valence-corrected chi connectivity index (χ0v) is 15.2. The van der Waals surface area contributed by atoms with Crippen LogP contribution in [-0.2, 0) is 18.9 Å². The van der Waals surface area contributed by atoms with Crippen molar-refractivity contribution in [1.29, 1.82) is 0 Å². The number of methoxy groups -OCH3 is 1. The lowest BCUT2D eigenvalue weighted by Gasteiger charge is -2.24. The highest BCUT2D eigenvalue weighted by molar-refractivity contribution is 6.25. The number of fused-ring (bicyclic) bond motifs is 2. The highest BCUT2D eigenvalue weighted by Gasteiger charge is 2.55. The molecule has 1 aromatic carbocycles. The molecule has 1 aliphatic carbocycles. The van der Waals surface area contributed by atoms with E-state index in [1.54, 1.807) is 0 Å². The number of rotatable bonds is 4. The molecule has 4 rings (SSSR count). The van der Waals surface area contributed by atoms with Crippen LogP contribution in [0.5, 0.6) is 5.75 Å². The molecule has 2 heterocycles. The maximum Gasteiger partial charge on any atom is 0.209 e. The maximum absolute atomic E-state index is 12.7. The highest BCUT2D eigenvalue weighted by atomic mass is 16.8. The van der Waals surface area contributed by atoms with E-state index in [1.165, 1.54) is 31.4 Å². The maximum atomic E-state index is 12.7. The van der Waals surface area contributed by atoms with Gasteiger partial charge in [-0.2, -0.15) is 0 Å². The first-order chi connectivity index (χ1) is 12.8. The van der Waals surface area contributed by atoms with Crippen LogP contribution in [0.2, 0.25) is 0 Å². The standard InChI is InChI=1S/C19H21NO7/c1-19(2)26-16-13(25-18(24-3)17(16)27-19)8-20-10-7-12(22)14-9(15(10)23)5-4-6-11(14)21/h4-7,13,16-18,20-21H,8H2,1-3H3/t13-,16-,17-,18-/m1/s1. The normalized spacial score (nSPS) is 31.4. The van der Waals surface area contributed by atoms with Crippen molar-refractivity contribution >= 4 is 11.6 Å². The van der Waals surface area contributed by atoms with Crippen LogP contribution in [0, 0.1) is 0 Å². The molecule has 8 nitrogen and oxygen atoms in total. The third-order valence-electron chi connectivity index (χ3n) is 4.89. The molecule has 0 bridgehead atoms. The number of allylic oxidation sites excluding steroid dienone is 2. The predicted octanol–water partition coefficient (Wildman–Crippen LogP) is 1.14. The summed E-state index contributed by atoms with van der Waals surface area (Å²) in [5, 5.41) is 12.8. The molecular formula is C19H21NO7. The summed E-state index contributed by atoms with van der Waals surface area (Å²) in [5.41, 5.74) is 0.350. The fourth-order valence-electron chi connectivity index (χ4n) is 3.74. The Kier molecular flexibility index (Phi) is 4.31. The number of carbonyl (C=O) groups is 2. The van der Waals surface area contributed by atoms with Gasteiger partial charge in [0, 0.05) is 25.3 Å². The average Bonchev–Trinajstić information content (AvgIpc) is 3.09. The minimum Gasteiger partial charge on any atom is -0.507 e. The van der Waals surface area contributed by atoms with Gasteiger partial charge in [-0.25, -0.2) is 0 Å². The molecule has 2 fully saturated rings. The summed E-state index contributed by atoms with van der Waals surface area (Å²) in [7, 11) is 1.53. The Morgan fingerprint density at radius 3 is 2.70 bits per heavy atom. The van der Waals surface area contributed by atoms with Crippen LogP contribution >= 0.6 is 0 Å². The summed E-state index contributed by atoms with van der Waals surface area (Å²) >= 11 is 0. The summed E-state index contributed by atoms with van der Waals surface area (Å²) in [4.78, 5) is 25.0. The van der Waals surface area contributed by atoms with Crippen molar-refractivity contribution in [3.05, 3.63) is 41.1 Å². The summed E-state index contributed by atoms with van der Waals surface area (Å²) in [6.45, 7) is 3.87. The Bertz CT molecular complexity index is 831. The van der Waals surface area contributed by atoms with E-state index in [-0.39, 0.29) is 47.1 Å². The van der Waals surface area contributed by atoms with Gasteiger partial charge < -0.3 is 29.4 Å². The number of phenolic OH excluding ortho intramolecular Hbond substituents is 1. The second-order valence-electron chi connectivity index (χ2n) is 7.18. The number of aromatic hydroxyl groups is 1. The zero-order chi connectivity index (χ0) is 19.3. The van der Waals surface area contributed by atoms with Crippen molar-refractivity contribution in [2.45, 2.75) is 44.2 Å². The Labute approximate surface area is 156 Å². The second kappa shape index (κ2) is 6.42. The van der Waals surface area contributed by atoms with Gasteiger partial charge in [-0.15, -0.1) is 0 Å². The molecule has 0 unspecified atom stereocenters. The van der Waals surface area contributed by atoms with Crippen molar-refractivity contribution in [2.24, 2.45) is 0 Å². The van der Waals surface area contributed by atoms with E-state index in [1.807, 2.05) is 13.8 Å². The average molecular weight is 375 g/mol. The SMILES string of the molecule is CO[C@@H]1O[C@H](CNC2=CC(=O)c3c(O)cccc3C2=O)[C@H]2OC(C)(C)O[C@@H]12. The molecular weight excluding hydrogens is 354 g/mol. The molecule has 0 radical (unpaired) electrons. The van der Waals surface area contributed by atoms with Crippen molar-refractivity contribution in [2.75, 3.05) is 13.7 Å². The number of ether oxygens (including phenoxy) is 4. The molecule has 0 amide bonds. The van der Waals surface area contributed by atoms with E-state index in [9.17, 15) is 14.7 Å². The lowest BCUT2D eigenvalue weighted by molar-refractivity contribution is -0.226. The van der Waals surface area contributed by atoms with Gasteiger partial charge in [0.1, 0.15) is 24.1 Å². The van der Waals surface area contributed by atoms with E-state index in [2.05, 4.69) is 5.32 Å². The predicted molar refractivity (Wildman–Crippen MR) is 92.3 cm³/mol. The number of nitrogens with one attached hydrogen (secondary N) is 1. The number of ketones is 2. The number of Topliss-reactive ketones (excluding diaryl/α,β-unsaturated/α-hetero) is 1. The lowest BCUT2D eigenvalue weighted by atomic mass is 9.92. The number of benzene rings is 1. The zero-order valence-electron chi connectivity index (χ0n) is 15.2. The molecule has 27 heavy (non-hydrogen) atoms. The number of carbonyl (C=O) groups excluding carboxylic acids is 2. The van der Waals surface area contributed by atoms with Crippen LogP contribution < -0.4 is 5.32 Å². The van der Waals surface area contributed by atoms with Crippen LogP contribution in [0.25, 0.3) is 0 Å². The fraction of sp³-hybridized carbons (Fsp3) is 0.474. The fourth-order valence-corrected chi connectivity index (χ4v) is 3.74. The summed E-state index contributed by atoms with van der Waals surface area (Å²) in [5.74, 6) is -1.74. The Morgan fingerprint density at radius 1 is 1.22 bits per heavy atom. The molecule has 8 heteroatoms. The number of phenols is 1. The Balaban J connectivity index is 1.50. The van der Waals surface area contributed by atoms with Crippen LogP contribution in [0.3, 0.4) is 0 Å². The number of hydrogen-bond donors (Lipinski definition) is 2. The molecule has 1 aromatic rings. The van der Waals surface area contributed by atoms with E-state index in [0.29, 0.717) is 0 Å². The minimum atomic E-state index is -0.750. The lowest BCUT2D eigenvalue weighted by Crippen LogP contribution is -2.39. The van der Waals surface area contributed by atoms with Crippen molar-refractivity contribution in [1.82, 2.24) is 5.32 Å². The first-order valence-electron chi connectivity index (χ1n) is 8.71. The van der Waals surface area contributed by atoms with Gasteiger partial charge in [0.25, 0.3) is 0 Å². The quantitative estimate of drug-likeness (QED) is 0.808. The molecule has 2 aliphatic heterocycles. The molecule has 2 N–H and O–H groups in total. The van der Waals surface area contributed by atoms with Gasteiger partial charge in [-0.3, -0.25) is 9.59 Å². The third-order valence-corrected chi connectivity index (χ3v) is 4.89. The smallest absolute Gasteiger partial charge is 0.209 e. The largest absolute Gasteiger partial charge is 0.507 e. The first kappa shape index (κ1) is 18.1. The molecule has 0 aromatic heterocycles. The van der Waals surface area contributed by atoms with Gasteiger partial charge >= 0.3 is 0 Å².